The maximum atomic E-state index is 5.99. The molecule has 1 aromatic carbocycles. The zero-order valence-electron chi connectivity index (χ0n) is 10.7. The number of nitrogens with two attached hydrogens (primary N) is 1. The van der Waals surface area contributed by atoms with Gasteiger partial charge in [0.25, 0.3) is 0 Å². The van der Waals surface area contributed by atoms with E-state index >= 15 is 0 Å². The molecule has 0 aliphatic carbocycles. The van der Waals surface area contributed by atoms with Gasteiger partial charge in [0.05, 0.1) is 24.8 Å². The summed E-state index contributed by atoms with van der Waals surface area (Å²) in [6.45, 7) is 2.79. The van der Waals surface area contributed by atoms with Crippen LogP contribution in [0.15, 0.2) is 53.5 Å². The van der Waals surface area contributed by atoms with Crippen LogP contribution in [0.2, 0.25) is 0 Å². The summed E-state index contributed by atoms with van der Waals surface area (Å²) in [4.78, 5) is 0. The third kappa shape index (κ3) is 2.38. The van der Waals surface area contributed by atoms with Gasteiger partial charge in [-0.15, -0.1) is 0 Å². The second-order valence-electron chi connectivity index (χ2n) is 4.63. The summed E-state index contributed by atoms with van der Waals surface area (Å²) in [5.74, 6) is 0. The lowest BCUT2D eigenvalue weighted by Crippen LogP contribution is -2.00. The van der Waals surface area contributed by atoms with Crippen molar-refractivity contribution in [2.75, 3.05) is 5.73 Å². The molecule has 0 radical (unpaired) electrons. The third-order valence-electron chi connectivity index (χ3n) is 3.05. The van der Waals surface area contributed by atoms with Crippen LogP contribution in [-0.4, -0.2) is 9.78 Å². The first-order chi connectivity index (χ1) is 9.22. The number of hydrogen-bond acceptors (Lipinski definition) is 3. The second-order valence-corrected chi connectivity index (χ2v) is 4.63. The minimum absolute atomic E-state index is 0.661. The highest BCUT2D eigenvalue weighted by molar-refractivity contribution is 5.70. The zero-order valence-corrected chi connectivity index (χ0v) is 10.7. The Labute approximate surface area is 111 Å². The average molecular weight is 253 g/mol. The number of aryl methyl sites for hydroxylation is 1. The lowest BCUT2D eigenvalue weighted by molar-refractivity contribution is 0.568. The van der Waals surface area contributed by atoms with Gasteiger partial charge in [0.15, 0.2) is 0 Å². The number of anilines is 1. The summed E-state index contributed by atoms with van der Waals surface area (Å²) in [5.41, 5.74) is 10.8. The molecule has 0 atom stereocenters. The summed E-state index contributed by atoms with van der Waals surface area (Å²) in [6.07, 6.45) is 5.12. The fourth-order valence-corrected chi connectivity index (χ4v) is 2.02. The third-order valence-corrected chi connectivity index (χ3v) is 3.05. The van der Waals surface area contributed by atoms with E-state index in [0.717, 1.165) is 11.3 Å². The van der Waals surface area contributed by atoms with Gasteiger partial charge in [0.1, 0.15) is 5.69 Å². The molecule has 3 aromatic rings. The van der Waals surface area contributed by atoms with Crippen LogP contribution in [0, 0.1) is 6.92 Å². The molecule has 0 spiro atoms. The van der Waals surface area contributed by atoms with Gasteiger partial charge >= 0.3 is 0 Å². The first-order valence-electron chi connectivity index (χ1n) is 6.13. The standard InChI is InChI=1S/C15H15N3O/c1-11-2-4-12(5-3-11)8-18-9-14(16)15(17-18)13-6-7-19-10-13/h2-7,9-10H,8,16H2,1H3. The molecular formula is C15H15N3O. The van der Waals surface area contributed by atoms with Gasteiger partial charge in [-0.3, -0.25) is 4.68 Å². The molecule has 0 bridgehead atoms. The predicted molar refractivity (Wildman–Crippen MR) is 74.6 cm³/mol. The Morgan fingerprint density at radius 2 is 2.00 bits per heavy atom. The average Bonchev–Trinajstić information content (AvgIpc) is 3.01. The predicted octanol–water partition coefficient (Wildman–Crippen LogP) is 3.08. The molecule has 0 amide bonds. The van der Waals surface area contributed by atoms with E-state index in [1.807, 2.05) is 16.9 Å². The molecule has 0 unspecified atom stereocenters. The molecule has 2 heterocycles. The van der Waals surface area contributed by atoms with E-state index in [2.05, 4.69) is 36.3 Å². The van der Waals surface area contributed by atoms with Crippen LogP contribution >= 0.6 is 0 Å². The van der Waals surface area contributed by atoms with Crippen molar-refractivity contribution in [2.24, 2.45) is 0 Å². The molecule has 2 N–H and O–H groups in total. The van der Waals surface area contributed by atoms with E-state index in [9.17, 15) is 0 Å². The van der Waals surface area contributed by atoms with Crippen LogP contribution in [0.5, 0.6) is 0 Å². The van der Waals surface area contributed by atoms with Gasteiger partial charge in [-0.05, 0) is 18.6 Å². The van der Waals surface area contributed by atoms with Crippen LogP contribution in [-0.2, 0) is 6.54 Å². The van der Waals surface area contributed by atoms with Gasteiger partial charge in [0.2, 0.25) is 0 Å². The Kier molecular flexibility index (Phi) is 2.83. The van der Waals surface area contributed by atoms with Crippen molar-refractivity contribution in [3.05, 3.63) is 60.2 Å². The van der Waals surface area contributed by atoms with Crippen molar-refractivity contribution in [3.8, 4) is 11.3 Å². The fraction of sp³-hybridized carbons (Fsp3) is 0.133. The van der Waals surface area contributed by atoms with Gasteiger partial charge in [-0.2, -0.15) is 5.10 Å². The minimum Gasteiger partial charge on any atom is -0.472 e. The molecule has 0 aliphatic heterocycles. The highest BCUT2D eigenvalue weighted by Crippen LogP contribution is 2.24. The van der Waals surface area contributed by atoms with Crippen LogP contribution in [0.3, 0.4) is 0 Å². The Balaban J connectivity index is 1.87. The largest absolute Gasteiger partial charge is 0.472 e. The Hall–Kier alpha value is -2.49. The van der Waals surface area contributed by atoms with Crippen LogP contribution in [0.4, 0.5) is 5.69 Å². The maximum absolute atomic E-state index is 5.99. The lowest BCUT2D eigenvalue weighted by atomic mass is 10.1. The molecule has 4 heteroatoms. The zero-order chi connectivity index (χ0) is 13.2. The highest BCUT2D eigenvalue weighted by atomic mass is 16.3. The number of aromatic nitrogens is 2. The quantitative estimate of drug-likeness (QED) is 0.780. The van der Waals surface area contributed by atoms with E-state index < -0.39 is 0 Å². The lowest BCUT2D eigenvalue weighted by Gasteiger charge is -2.02. The van der Waals surface area contributed by atoms with Crippen LogP contribution < -0.4 is 5.73 Å². The van der Waals surface area contributed by atoms with Crippen LogP contribution in [0.1, 0.15) is 11.1 Å². The molecule has 0 saturated heterocycles. The van der Waals surface area contributed by atoms with E-state index in [1.54, 1.807) is 12.5 Å². The number of hydrogen-bond donors (Lipinski definition) is 1. The van der Waals surface area contributed by atoms with Gasteiger partial charge in [-0.25, -0.2) is 0 Å². The summed E-state index contributed by atoms with van der Waals surface area (Å²) in [6, 6.07) is 10.3. The number of rotatable bonds is 3. The van der Waals surface area contributed by atoms with E-state index in [0.29, 0.717) is 12.2 Å². The first kappa shape index (κ1) is 11.6. The molecule has 0 fully saturated rings. The topological polar surface area (TPSA) is 57.0 Å². The molecule has 96 valence electrons. The van der Waals surface area contributed by atoms with Crippen molar-refractivity contribution in [3.63, 3.8) is 0 Å². The molecule has 19 heavy (non-hydrogen) atoms. The molecule has 4 nitrogen and oxygen atoms in total. The SMILES string of the molecule is Cc1ccc(Cn2cc(N)c(-c3ccoc3)n2)cc1. The summed E-state index contributed by atoms with van der Waals surface area (Å²) in [5, 5.41) is 4.50. The number of nitrogen functional groups attached to an aromatic ring is 1. The minimum atomic E-state index is 0.661. The molecule has 0 saturated carbocycles. The van der Waals surface area contributed by atoms with Crippen LogP contribution in [0.25, 0.3) is 11.3 Å². The Bertz CT molecular complexity index is 666. The highest BCUT2D eigenvalue weighted by Gasteiger charge is 2.09. The monoisotopic (exact) mass is 253 g/mol. The first-order valence-corrected chi connectivity index (χ1v) is 6.13. The van der Waals surface area contributed by atoms with Crippen molar-refractivity contribution < 1.29 is 4.42 Å². The normalized spacial score (nSPS) is 10.8. The smallest absolute Gasteiger partial charge is 0.118 e. The summed E-state index contributed by atoms with van der Waals surface area (Å²) >= 11 is 0. The molecule has 3 rings (SSSR count). The van der Waals surface area contributed by atoms with Crippen molar-refractivity contribution >= 4 is 5.69 Å². The van der Waals surface area contributed by atoms with Gasteiger partial charge in [0, 0.05) is 11.8 Å². The molecular weight excluding hydrogens is 238 g/mol. The van der Waals surface area contributed by atoms with Gasteiger partial charge < -0.3 is 10.2 Å². The maximum Gasteiger partial charge on any atom is 0.118 e. The van der Waals surface area contributed by atoms with Crippen molar-refractivity contribution in [1.82, 2.24) is 9.78 Å². The summed E-state index contributed by atoms with van der Waals surface area (Å²) < 4.78 is 6.91. The number of nitrogens with zero attached hydrogens (tertiary/aromatic N) is 2. The number of furan rings is 1. The molecule has 0 aliphatic rings. The number of benzene rings is 1. The van der Waals surface area contributed by atoms with E-state index in [1.165, 1.54) is 11.1 Å². The van der Waals surface area contributed by atoms with Crippen molar-refractivity contribution in [2.45, 2.75) is 13.5 Å². The van der Waals surface area contributed by atoms with Gasteiger partial charge in [-0.1, -0.05) is 29.8 Å². The Morgan fingerprint density at radius 1 is 1.21 bits per heavy atom. The van der Waals surface area contributed by atoms with Crippen molar-refractivity contribution in [1.29, 1.82) is 0 Å². The fourth-order valence-electron chi connectivity index (χ4n) is 2.02. The van der Waals surface area contributed by atoms with E-state index in [-0.39, 0.29) is 0 Å². The Morgan fingerprint density at radius 3 is 2.68 bits per heavy atom. The van der Waals surface area contributed by atoms with E-state index in [4.69, 9.17) is 10.2 Å². The molecule has 2 aromatic heterocycles. The second kappa shape index (κ2) is 4.65. The summed E-state index contributed by atoms with van der Waals surface area (Å²) in [7, 11) is 0.